The van der Waals surface area contributed by atoms with Crippen molar-refractivity contribution < 1.29 is 32.2 Å². The molecule has 0 unspecified atom stereocenters. The van der Waals surface area contributed by atoms with Gasteiger partial charge in [-0.1, -0.05) is 0 Å². The van der Waals surface area contributed by atoms with Crippen molar-refractivity contribution in [3.05, 3.63) is 42.5 Å². The van der Waals surface area contributed by atoms with E-state index in [4.69, 9.17) is 14.2 Å². The van der Waals surface area contributed by atoms with Gasteiger partial charge in [0, 0.05) is 6.07 Å². The van der Waals surface area contributed by atoms with Crippen LogP contribution in [0.3, 0.4) is 0 Å². The van der Waals surface area contributed by atoms with E-state index in [2.05, 4.69) is 4.74 Å². The van der Waals surface area contributed by atoms with E-state index in [9.17, 15) is 13.2 Å². The van der Waals surface area contributed by atoms with Crippen molar-refractivity contribution in [3.63, 3.8) is 0 Å². The number of anilines is 1. The van der Waals surface area contributed by atoms with E-state index < -0.39 is 22.5 Å². The lowest BCUT2D eigenvalue weighted by molar-refractivity contribution is -0.138. The second kappa shape index (κ2) is 7.75. The van der Waals surface area contributed by atoms with Gasteiger partial charge in [-0.05, 0) is 36.4 Å². The highest BCUT2D eigenvalue weighted by Crippen LogP contribution is 2.34. The monoisotopic (exact) mass is 393 g/mol. The van der Waals surface area contributed by atoms with Gasteiger partial charge in [0.15, 0.2) is 11.5 Å². The van der Waals surface area contributed by atoms with Crippen LogP contribution in [-0.4, -0.2) is 48.4 Å². The second-order valence-corrected chi connectivity index (χ2v) is 7.45. The highest BCUT2D eigenvalue weighted by molar-refractivity contribution is 7.92. The summed E-state index contributed by atoms with van der Waals surface area (Å²) in [6.45, 7) is 0.264. The van der Waals surface area contributed by atoms with Crippen molar-refractivity contribution >= 4 is 21.7 Å². The van der Waals surface area contributed by atoms with Crippen LogP contribution in [0.5, 0.6) is 17.2 Å². The summed E-state index contributed by atoms with van der Waals surface area (Å²) < 4.78 is 48.0. The molecule has 144 valence electrons. The lowest BCUT2D eigenvalue weighted by atomic mass is 10.3. The van der Waals surface area contributed by atoms with Crippen LogP contribution in [0.1, 0.15) is 0 Å². The predicted octanol–water partition coefficient (Wildman–Crippen LogP) is 1.83. The molecule has 2 aromatic carbocycles. The molecule has 0 N–H and O–H groups in total. The van der Waals surface area contributed by atoms with E-state index in [-0.39, 0.29) is 4.90 Å². The molecular weight excluding hydrogens is 374 g/mol. The first-order chi connectivity index (χ1) is 13.0. The highest BCUT2D eigenvalue weighted by atomic mass is 32.2. The molecule has 0 fully saturated rings. The number of sulfonamides is 1. The Morgan fingerprint density at radius 1 is 1.04 bits per heavy atom. The smallest absolute Gasteiger partial charge is 0.326 e. The molecule has 0 spiro atoms. The SMILES string of the molecule is COC(=O)CN(c1ccc(OC)cc1)S(=O)(=O)c1ccc2c(c1)OCCO2. The largest absolute Gasteiger partial charge is 0.497 e. The maximum absolute atomic E-state index is 13.2. The van der Waals surface area contributed by atoms with Crippen LogP contribution in [-0.2, 0) is 19.6 Å². The Morgan fingerprint density at radius 2 is 1.70 bits per heavy atom. The maximum Gasteiger partial charge on any atom is 0.326 e. The number of benzene rings is 2. The minimum absolute atomic E-state index is 0.0218. The lowest BCUT2D eigenvalue weighted by Gasteiger charge is -2.25. The zero-order valence-electron chi connectivity index (χ0n) is 14.9. The Morgan fingerprint density at radius 3 is 2.33 bits per heavy atom. The number of fused-ring (bicyclic) bond motifs is 1. The number of rotatable bonds is 6. The number of nitrogens with zero attached hydrogens (tertiary/aromatic N) is 1. The third-order valence-corrected chi connectivity index (χ3v) is 5.73. The van der Waals surface area contributed by atoms with Crippen LogP contribution in [0, 0.1) is 0 Å². The normalized spacial score (nSPS) is 13.0. The van der Waals surface area contributed by atoms with Crippen molar-refractivity contribution in [2.75, 3.05) is 38.3 Å². The summed E-state index contributed by atoms with van der Waals surface area (Å²) in [7, 11) is -1.35. The van der Waals surface area contributed by atoms with E-state index >= 15 is 0 Å². The number of hydrogen-bond acceptors (Lipinski definition) is 7. The fourth-order valence-corrected chi connectivity index (χ4v) is 3.98. The third kappa shape index (κ3) is 3.92. The Balaban J connectivity index is 2.02. The average Bonchev–Trinajstić information content (AvgIpc) is 2.71. The molecule has 2 aromatic rings. The Hall–Kier alpha value is -2.94. The van der Waals surface area contributed by atoms with Crippen molar-refractivity contribution in [2.24, 2.45) is 0 Å². The van der Waals surface area contributed by atoms with E-state index in [1.807, 2.05) is 0 Å². The van der Waals surface area contributed by atoms with Gasteiger partial charge >= 0.3 is 5.97 Å². The Labute approximate surface area is 157 Å². The van der Waals surface area contributed by atoms with Crippen LogP contribution in [0.2, 0.25) is 0 Å². The molecule has 0 amide bonds. The summed E-state index contributed by atoms with van der Waals surface area (Å²) in [5, 5.41) is 0. The molecule has 1 aliphatic heterocycles. The Kier molecular flexibility index (Phi) is 5.41. The van der Waals surface area contributed by atoms with Crippen LogP contribution in [0.4, 0.5) is 5.69 Å². The summed E-state index contributed by atoms with van der Waals surface area (Å²) in [5.74, 6) is 0.694. The Bertz CT molecular complexity index is 925. The summed E-state index contributed by atoms with van der Waals surface area (Å²) in [6, 6.07) is 10.7. The molecule has 27 heavy (non-hydrogen) atoms. The minimum atomic E-state index is -4.06. The average molecular weight is 393 g/mol. The first-order valence-electron chi connectivity index (χ1n) is 8.09. The quantitative estimate of drug-likeness (QED) is 0.692. The lowest BCUT2D eigenvalue weighted by Crippen LogP contribution is -2.36. The van der Waals surface area contributed by atoms with Crippen molar-refractivity contribution in [1.29, 1.82) is 0 Å². The number of esters is 1. The molecule has 1 heterocycles. The van der Waals surface area contributed by atoms with Gasteiger partial charge in [0.2, 0.25) is 0 Å². The molecule has 9 heteroatoms. The first-order valence-corrected chi connectivity index (χ1v) is 9.53. The molecule has 0 radical (unpaired) electrons. The molecule has 0 atom stereocenters. The zero-order valence-corrected chi connectivity index (χ0v) is 15.7. The molecule has 8 nitrogen and oxygen atoms in total. The fourth-order valence-electron chi connectivity index (χ4n) is 2.56. The third-order valence-electron chi connectivity index (χ3n) is 3.96. The first kappa shape index (κ1) is 18.8. The number of hydrogen-bond donors (Lipinski definition) is 0. The van der Waals surface area contributed by atoms with E-state index in [0.29, 0.717) is 36.1 Å². The topological polar surface area (TPSA) is 91.4 Å². The van der Waals surface area contributed by atoms with Crippen LogP contribution in [0.25, 0.3) is 0 Å². The standard InChI is InChI=1S/C18H19NO7S/c1-23-14-5-3-13(4-6-14)19(12-18(20)24-2)27(21,22)15-7-8-16-17(11-15)26-10-9-25-16/h3-8,11H,9-10,12H2,1-2H3. The molecule has 1 aliphatic rings. The summed E-state index contributed by atoms with van der Waals surface area (Å²) in [6.07, 6.45) is 0. The molecule has 0 bridgehead atoms. The predicted molar refractivity (Wildman–Crippen MR) is 97.0 cm³/mol. The van der Waals surface area contributed by atoms with Crippen LogP contribution < -0.4 is 18.5 Å². The summed E-state index contributed by atoms with van der Waals surface area (Å²) in [4.78, 5) is 11.8. The summed E-state index contributed by atoms with van der Waals surface area (Å²) in [5.41, 5.74) is 0.302. The number of carbonyl (C=O) groups is 1. The highest BCUT2D eigenvalue weighted by Gasteiger charge is 2.29. The van der Waals surface area contributed by atoms with E-state index in [1.54, 1.807) is 24.3 Å². The van der Waals surface area contributed by atoms with Crippen LogP contribution >= 0.6 is 0 Å². The van der Waals surface area contributed by atoms with Gasteiger partial charge in [0.1, 0.15) is 25.5 Å². The fraction of sp³-hybridized carbons (Fsp3) is 0.278. The van der Waals surface area contributed by atoms with Gasteiger partial charge in [0.25, 0.3) is 10.0 Å². The molecule has 0 aromatic heterocycles. The van der Waals surface area contributed by atoms with E-state index in [0.717, 1.165) is 4.31 Å². The number of carbonyl (C=O) groups excluding carboxylic acids is 1. The number of methoxy groups -OCH3 is 2. The van der Waals surface area contributed by atoms with Crippen molar-refractivity contribution in [1.82, 2.24) is 0 Å². The maximum atomic E-state index is 13.2. The molecule has 3 rings (SSSR count). The summed E-state index contributed by atoms with van der Waals surface area (Å²) >= 11 is 0. The zero-order chi connectivity index (χ0) is 19.4. The van der Waals surface area contributed by atoms with Gasteiger partial charge in [-0.15, -0.1) is 0 Å². The molecule has 0 saturated carbocycles. The number of ether oxygens (including phenoxy) is 4. The van der Waals surface area contributed by atoms with Gasteiger partial charge in [0.05, 0.1) is 24.8 Å². The van der Waals surface area contributed by atoms with Gasteiger partial charge < -0.3 is 18.9 Å². The minimum Gasteiger partial charge on any atom is -0.497 e. The molecular formula is C18H19NO7S. The van der Waals surface area contributed by atoms with E-state index in [1.165, 1.54) is 32.4 Å². The van der Waals surface area contributed by atoms with Gasteiger partial charge in [-0.3, -0.25) is 9.10 Å². The molecule has 0 aliphatic carbocycles. The second-order valence-electron chi connectivity index (χ2n) is 5.59. The van der Waals surface area contributed by atoms with Gasteiger partial charge in [-0.25, -0.2) is 8.42 Å². The van der Waals surface area contributed by atoms with Crippen molar-refractivity contribution in [3.8, 4) is 17.2 Å². The van der Waals surface area contributed by atoms with Crippen LogP contribution in [0.15, 0.2) is 47.4 Å². The molecule has 0 saturated heterocycles. The van der Waals surface area contributed by atoms with Gasteiger partial charge in [-0.2, -0.15) is 0 Å². The van der Waals surface area contributed by atoms with Crippen molar-refractivity contribution in [2.45, 2.75) is 4.90 Å².